The van der Waals surface area contributed by atoms with E-state index in [9.17, 15) is 26.3 Å². The molecule has 0 heterocycles. The summed E-state index contributed by atoms with van der Waals surface area (Å²) < 4.78 is 79.4. The number of thiocarbonyl (C=S) groups is 1. The fourth-order valence-corrected chi connectivity index (χ4v) is 4.02. The molecular formula is C25H23F6N3S. The lowest BCUT2D eigenvalue weighted by atomic mass is 9.92. The number of likely N-dealkylation sites (N-methyl/N-ethyl adjacent to an activating group) is 1. The number of benzene rings is 3. The van der Waals surface area contributed by atoms with Crippen LogP contribution in [0.3, 0.4) is 0 Å². The van der Waals surface area contributed by atoms with Crippen LogP contribution in [0.1, 0.15) is 34.3 Å². The summed E-state index contributed by atoms with van der Waals surface area (Å²) >= 11 is 5.34. The first-order valence-corrected chi connectivity index (χ1v) is 10.9. The molecule has 2 atom stereocenters. The van der Waals surface area contributed by atoms with Crippen molar-refractivity contribution in [3.05, 3.63) is 101 Å². The van der Waals surface area contributed by atoms with Crippen LogP contribution in [0.2, 0.25) is 0 Å². The van der Waals surface area contributed by atoms with Gasteiger partial charge in [-0.3, -0.25) is 0 Å². The lowest BCUT2D eigenvalue weighted by molar-refractivity contribution is -0.143. The van der Waals surface area contributed by atoms with Crippen molar-refractivity contribution in [2.24, 2.45) is 0 Å². The molecule has 2 N–H and O–H groups in total. The number of rotatable bonds is 6. The number of hydrogen-bond donors (Lipinski definition) is 2. The number of halogens is 6. The van der Waals surface area contributed by atoms with E-state index < -0.39 is 35.2 Å². The molecule has 0 aliphatic heterocycles. The molecule has 0 aliphatic rings. The van der Waals surface area contributed by atoms with Crippen molar-refractivity contribution in [3.8, 4) is 0 Å². The first-order chi connectivity index (χ1) is 16.4. The monoisotopic (exact) mass is 511 g/mol. The van der Waals surface area contributed by atoms with Gasteiger partial charge >= 0.3 is 12.4 Å². The smallest absolute Gasteiger partial charge is 0.354 e. The first-order valence-electron chi connectivity index (χ1n) is 10.5. The van der Waals surface area contributed by atoms with E-state index in [0.29, 0.717) is 12.1 Å². The maximum atomic E-state index is 13.2. The molecule has 0 radical (unpaired) electrons. The van der Waals surface area contributed by atoms with Gasteiger partial charge in [-0.1, -0.05) is 60.7 Å². The summed E-state index contributed by atoms with van der Waals surface area (Å²) in [5.41, 5.74) is -1.49. The summed E-state index contributed by atoms with van der Waals surface area (Å²) in [6.45, 7) is 0. The molecule has 0 aromatic heterocycles. The van der Waals surface area contributed by atoms with Gasteiger partial charge in [0.25, 0.3) is 0 Å². The van der Waals surface area contributed by atoms with Crippen molar-refractivity contribution in [1.29, 1.82) is 0 Å². The van der Waals surface area contributed by atoms with E-state index in [1.165, 1.54) is 0 Å². The van der Waals surface area contributed by atoms with E-state index in [-0.39, 0.29) is 17.2 Å². The zero-order valence-corrected chi connectivity index (χ0v) is 19.6. The SMILES string of the molecule is CN(C)[C@@H](c1ccccc1)[C@@H](NC(=S)Nc1cc(C(F)(F)F)cc(C(F)(F)F)c1)c1ccccc1. The van der Waals surface area contributed by atoms with Crippen molar-refractivity contribution in [3.63, 3.8) is 0 Å². The van der Waals surface area contributed by atoms with Gasteiger partial charge in [-0.15, -0.1) is 0 Å². The predicted molar refractivity (Wildman–Crippen MR) is 128 cm³/mol. The average Bonchev–Trinajstić information content (AvgIpc) is 2.78. The normalized spacial score (nSPS) is 13.9. The molecule has 3 aromatic carbocycles. The Bertz CT molecular complexity index is 1100. The minimum Gasteiger partial charge on any atom is -0.354 e. The number of nitrogens with one attached hydrogen (secondary N) is 2. The fourth-order valence-electron chi connectivity index (χ4n) is 3.78. The Labute approximate surface area is 204 Å². The maximum Gasteiger partial charge on any atom is 0.416 e. The molecule has 0 saturated carbocycles. The van der Waals surface area contributed by atoms with Gasteiger partial charge in [0.2, 0.25) is 0 Å². The van der Waals surface area contributed by atoms with Crippen molar-refractivity contribution < 1.29 is 26.3 Å². The number of anilines is 1. The van der Waals surface area contributed by atoms with E-state index in [1.807, 2.05) is 79.7 Å². The van der Waals surface area contributed by atoms with Gasteiger partial charge in [-0.25, -0.2) is 0 Å². The molecule has 0 fully saturated rings. The molecule has 0 bridgehead atoms. The third-order valence-electron chi connectivity index (χ3n) is 5.30. The Balaban J connectivity index is 1.96. The molecule has 0 saturated heterocycles. The summed E-state index contributed by atoms with van der Waals surface area (Å²) in [5.74, 6) is 0. The van der Waals surface area contributed by atoms with E-state index in [0.717, 1.165) is 11.1 Å². The summed E-state index contributed by atoms with van der Waals surface area (Å²) in [5, 5.41) is 5.49. The zero-order chi connectivity index (χ0) is 25.8. The van der Waals surface area contributed by atoms with Crippen molar-refractivity contribution in [2.45, 2.75) is 24.4 Å². The van der Waals surface area contributed by atoms with Crippen molar-refractivity contribution in [2.75, 3.05) is 19.4 Å². The summed E-state index contributed by atoms with van der Waals surface area (Å²) in [4.78, 5) is 1.95. The Morgan fingerprint density at radius 1 is 0.743 bits per heavy atom. The van der Waals surface area contributed by atoms with Crippen LogP contribution in [0.4, 0.5) is 32.0 Å². The minimum atomic E-state index is -4.96. The van der Waals surface area contributed by atoms with Crippen LogP contribution >= 0.6 is 12.2 Å². The Hall–Kier alpha value is -3.11. The van der Waals surface area contributed by atoms with Crippen molar-refractivity contribution in [1.82, 2.24) is 10.2 Å². The highest BCUT2D eigenvalue weighted by molar-refractivity contribution is 7.80. The molecule has 0 spiro atoms. The van der Waals surface area contributed by atoms with Crippen molar-refractivity contribution >= 4 is 23.0 Å². The summed E-state index contributed by atoms with van der Waals surface area (Å²) in [6.07, 6.45) is -9.91. The third-order valence-corrected chi connectivity index (χ3v) is 5.52. The van der Waals surface area contributed by atoms with Crippen LogP contribution in [0.5, 0.6) is 0 Å². The standard InChI is InChI=1S/C25H23F6N3S/c1-34(2)22(17-11-7-4-8-12-17)21(16-9-5-3-6-10-16)33-23(35)32-20-14-18(24(26,27)28)13-19(15-20)25(29,30)31/h3-15,21-22H,1-2H3,(H2,32,33,35)/t21-,22-/m0/s1. The highest BCUT2D eigenvalue weighted by atomic mass is 32.1. The summed E-state index contributed by atoms with van der Waals surface area (Å²) in [7, 11) is 3.74. The predicted octanol–water partition coefficient (Wildman–Crippen LogP) is 7.05. The average molecular weight is 512 g/mol. The quantitative estimate of drug-likeness (QED) is 0.274. The largest absolute Gasteiger partial charge is 0.416 e. The molecular weight excluding hydrogens is 488 g/mol. The first kappa shape index (κ1) is 26.5. The molecule has 35 heavy (non-hydrogen) atoms. The van der Waals surface area contributed by atoms with Gasteiger partial charge in [-0.2, -0.15) is 26.3 Å². The second-order valence-corrected chi connectivity index (χ2v) is 8.51. The summed E-state index contributed by atoms with van der Waals surface area (Å²) in [6, 6.07) is 19.3. The molecule has 3 aromatic rings. The molecule has 0 unspecified atom stereocenters. The van der Waals surface area contributed by atoms with Crippen LogP contribution in [-0.2, 0) is 12.4 Å². The van der Waals surface area contributed by atoms with Crippen LogP contribution in [0.25, 0.3) is 0 Å². The Morgan fingerprint density at radius 2 is 1.20 bits per heavy atom. The van der Waals surface area contributed by atoms with Gasteiger partial charge in [0.15, 0.2) is 5.11 Å². The van der Waals surface area contributed by atoms with E-state index >= 15 is 0 Å². The lowest BCUT2D eigenvalue weighted by Crippen LogP contribution is -2.40. The molecule has 3 rings (SSSR count). The van der Waals surface area contributed by atoms with Gasteiger partial charge in [0, 0.05) is 5.69 Å². The zero-order valence-electron chi connectivity index (χ0n) is 18.8. The number of nitrogens with zero attached hydrogens (tertiary/aromatic N) is 1. The third kappa shape index (κ3) is 6.95. The molecule has 0 amide bonds. The second-order valence-electron chi connectivity index (χ2n) is 8.10. The van der Waals surface area contributed by atoms with Gasteiger partial charge in [0.05, 0.1) is 23.2 Å². The maximum absolute atomic E-state index is 13.2. The Kier molecular flexibility index (Phi) is 8.07. The molecule has 186 valence electrons. The minimum absolute atomic E-state index is 0.0753. The second kappa shape index (κ2) is 10.7. The highest BCUT2D eigenvalue weighted by Gasteiger charge is 2.37. The fraction of sp³-hybridized carbons (Fsp3) is 0.240. The van der Waals surface area contributed by atoms with Crippen LogP contribution in [0, 0.1) is 0 Å². The Morgan fingerprint density at radius 3 is 1.63 bits per heavy atom. The molecule has 3 nitrogen and oxygen atoms in total. The van der Waals surface area contributed by atoms with Crippen LogP contribution < -0.4 is 10.6 Å². The van der Waals surface area contributed by atoms with Gasteiger partial charge in [-0.05, 0) is 55.6 Å². The topological polar surface area (TPSA) is 27.3 Å². The van der Waals surface area contributed by atoms with E-state index in [2.05, 4.69) is 10.6 Å². The van der Waals surface area contributed by atoms with Crippen LogP contribution in [-0.4, -0.2) is 24.1 Å². The number of alkyl halides is 6. The molecule has 10 heteroatoms. The molecule has 0 aliphatic carbocycles. The van der Waals surface area contributed by atoms with Gasteiger partial charge in [0.1, 0.15) is 0 Å². The van der Waals surface area contributed by atoms with E-state index in [4.69, 9.17) is 12.2 Å². The number of hydrogen-bond acceptors (Lipinski definition) is 2. The van der Waals surface area contributed by atoms with Crippen LogP contribution in [0.15, 0.2) is 78.9 Å². The lowest BCUT2D eigenvalue weighted by Gasteiger charge is -2.34. The van der Waals surface area contributed by atoms with Gasteiger partial charge < -0.3 is 15.5 Å². The highest BCUT2D eigenvalue weighted by Crippen LogP contribution is 2.38. The van der Waals surface area contributed by atoms with E-state index in [1.54, 1.807) is 0 Å².